The number of hydrogen-bond donors (Lipinski definition) is 1. The largest absolute Gasteiger partial charge is 0.387 e. The quantitative estimate of drug-likeness (QED) is 0.886. The van der Waals surface area contributed by atoms with E-state index in [0.29, 0.717) is 6.54 Å². The van der Waals surface area contributed by atoms with Crippen LogP contribution in [0.15, 0.2) is 42.7 Å². The van der Waals surface area contributed by atoms with Gasteiger partial charge in [-0.05, 0) is 56.1 Å². The summed E-state index contributed by atoms with van der Waals surface area (Å²) in [6.45, 7) is 5.70. The Bertz CT molecular complexity index is 569. The number of rotatable bonds is 6. The van der Waals surface area contributed by atoms with Crippen molar-refractivity contribution in [1.29, 1.82) is 0 Å². The van der Waals surface area contributed by atoms with Crippen LogP contribution in [0.25, 0.3) is 0 Å². The first-order valence-corrected chi connectivity index (χ1v) is 7.39. The van der Waals surface area contributed by atoms with E-state index < -0.39 is 6.10 Å². The van der Waals surface area contributed by atoms with Crippen LogP contribution >= 0.6 is 0 Å². The summed E-state index contributed by atoms with van der Waals surface area (Å²) in [7, 11) is 2.05. The number of benzene rings is 1. The molecule has 1 N–H and O–H groups in total. The number of aromatic nitrogens is 1. The predicted octanol–water partition coefficient (Wildman–Crippen LogP) is 2.91. The molecule has 1 unspecified atom stereocenters. The molecule has 3 heteroatoms. The SMILES string of the molecule is Cc1ccc(C(O)CN(C)CCc2ccncc2)c(C)c1. The van der Waals surface area contributed by atoms with Gasteiger partial charge in [0.25, 0.3) is 0 Å². The third-order valence-electron chi connectivity index (χ3n) is 3.80. The third-order valence-corrected chi connectivity index (χ3v) is 3.80. The zero-order chi connectivity index (χ0) is 15.2. The van der Waals surface area contributed by atoms with E-state index in [4.69, 9.17) is 0 Å². The summed E-state index contributed by atoms with van der Waals surface area (Å²) in [5.74, 6) is 0. The van der Waals surface area contributed by atoms with Crippen molar-refractivity contribution in [2.24, 2.45) is 0 Å². The minimum absolute atomic E-state index is 0.437. The Labute approximate surface area is 127 Å². The highest BCUT2D eigenvalue weighted by Gasteiger charge is 2.13. The summed E-state index contributed by atoms with van der Waals surface area (Å²) in [6.07, 6.45) is 4.17. The van der Waals surface area contributed by atoms with Gasteiger partial charge in [-0.25, -0.2) is 0 Å². The maximum absolute atomic E-state index is 10.4. The van der Waals surface area contributed by atoms with E-state index >= 15 is 0 Å². The van der Waals surface area contributed by atoms with Crippen LogP contribution in [0.5, 0.6) is 0 Å². The highest BCUT2D eigenvalue weighted by molar-refractivity contribution is 5.32. The van der Waals surface area contributed by atoms with Crippen LogP contribution in [0.2, 0.25) is 0 Å². The lowest BCUT2D eigenvalue weighted by molar-refractivity contribution is 0.127. The van der Waals surface area contributed by atoms with E-state index in [1.54, 1.807) is 0 Å². The van der Waals surface area contributed by atoms with Gasteiger partial charge in [0.15, 0.2) is 0 Å². The Hall–Kier alpha value is -1.71. The van der Waals surface area contributed by atoms with E-state index in [0.717, 1.165) is 24.1 Å². The number of nitrogens with zero attached hydrogens (tertiary/aromatic N) is 2. The van der Waals surface area contributed by atoms with E-state index in [1.807, 2.05) is 37.6 Å². The molecule has 112 valence electrons. The third kappa shape index (κ3) is 4.66. The number of hydrogen-bond acceptors (Lipinski definition) is 3. The van der Waals surface area contributed by atoms with Crippen LogP contribution in [-0.4, -0.2) is 35.1 Å². The number of aliphatic hydroxyl groups excluding tert-OH is 1. The summed E-state index contributed by atoms with van der Waals surface area (Å²) in [5.41, 5.74) is 4.69. The van der Waals surface area contributed by atoms with Crippen LogP contribution < -0.4 is 0 Å². The van der Waals surface area contributed by atoms with E-state index in [2.05, 4.69) is 35.9 Å². The second-order valence-corrected chi connectivity index (χ2v) is 5.74. The van der Waals surface area contributed by atoms with Crippen LogP contribution in [0, 0.1) is 13.8 Å². The molecule has 0 bridgehead atoms. The van der Waals surface area contributed by atoms with Gasteiger partial charge in [0, 0.05) is 25.5 Å². The average Bonchev–Trinajstić information content (AvgIpc) is 2.46. The molecular weight excluding hydrogens is 260 g/mol. The molecule has 0 aliphatic rings. The van der Waals surface area contributed by atoms with Gasteiger partial charge in [-0.1, -0.05) is 23.8 Å². The van der Waals surface area contributed by atoms with Crippen molar-refractivity contribution < 1.29 is 5.11 Å². The van der Waals surface area contributed by atoms with Crippen LogP contribution in [0.3, 0.4) is 0 Å². The number of aliphatic hydroxyl groups is 1. The van der Waals surface area contributed by atoms with Crippen molar-refractivity contribution in [3.8, 4) is 0 Å². The lowest BCUT2D eigenvalue weighted by Gasteiger charge is -2.22. The Morgan fingerprint density at radius 1 is 1.14 bits per heavy atom. The van der Waals surface area contributed by atoms with Crippen molar-refractivity contribution in [2.75, 3.05) is 20.1 Å². The van der Waals surface area contributed by atoms with E-state index in [1.165, 1.54) is 11.1 Å². The summed E-state index contributed by atoms with van der Waals surface area (Å²) < 4.78 is 0. The molecule has 0 amide bonds. The van der Waals surface area contributed by atoms with Gasteiger partial charge in [0.05, 0.1) is 6.10 Å². The van der Waals surface area contributed by atoms with Crippen molar-refractivity contribution >= 4 is 0 Å². The fourth-order valence-corrected chi connectivity index (χ4v) is 2.55. The van der Waals surface area contributed by atoms with E-state index in [9.17, 15) is 5.11 Å². The highest BCUT2D eigenvalue weighted by atomic mass is 16.3. The summed E-state index contributed by atoms with van der Waals surface area (Å²) in [5, 5.41) is 10.4. The lowest BCUT2D eigenvalue weighted by atomic mass is 10.0. The van der Waals surface area contributed by atoms with Gasteiger partial charge in [0.1, 0.15) is 0 Å². The molecule has 1 aromatic carbocycles. The Morgan fingerprint density at radius 2 is 1.86 bits per heavy atom. The minimum atomic E-state index is -0.437. The molecule has 1 aromatic heterocycles. The Balaban J connectivity index is 1.88. The maximum Gasteiger partial charge on any atom is 0.0919 e. The molecule has 0 saturated carbocycles. The van der Waals surface area contributed by atoms with Crippen LogP contribution in [0.4, 0.5) is 0 Å². The summed E-state index contributed by atoms with van der Waals surface area (Å²) in [4.78, 5) is 6.19. The molecule has 0 fully saturated rings. The standard InChI is InChI=1S/C18H24N2O/c1-14-4-5-17(15(2)12-14)18(21)13-20(3)11-8-16-6-9-19-10-7-16/h4-7,9-10,12,18,21H,8,11,13H2,1-3H3. The monoisotopic (exact) mass is 284 g/mol. The minimum Gasteiger partial charge on any atom is -0.387 e. The lowest BCUT2D eigenvalue weighted by Crippen LogP contribution is -2.27. The van der Waals surface area contributed by atoms with Gasteiger partial charge >= 0.3 is 0 Å². The highest BCUT2D eigenvalue weighted by Crippen LogP contribution is 2.19. The number of pyridine rings is 1. The maximum atomic E-state index is 10.4. The van der Waals surface area contributed by atoms with Gasteiger partial charge in [-0.2, -0.15) is 0 Å². The first-order valence-electron chi connectivity index (χ1n) is 7.39. The van der Waals surface area contributed by atoms with E-state index in [-0.39, 0.29) is 0 Å². The van der Waals surface area contributed by atoms with Gasteiger partial charge in [-0.15, -0.1) is 0 Å². The normalized spacial score (nSPS) is 12.6. The fourth-order valence-electron chi connectivity index (χ4n) is 2.55. The fraction of sp³-hybridized carbons (Fsp3) is 0.389. The number of aryl methyl sites for hydroxylation is 2. The second kappa shape index (κ2) is 7.34. The number of likely N-dealkylation sites (N-methyl/N-ethyl adjacent to an activating group) is 1. The first kappa shape index (κ1) is 15.7. The molecule has 1 heterocycles. The molecule has 3 nitrogen and oxygen atoms in total. The zero-order valence-corrected chi connectivity index (χ0v) is 13.1. The average molecular weight is 284 g/mol. The topological polar surface area (TPSA) is 36.4 Å². The van der Waals surface area contributed by atoms with Gasteiger partial charge in [0.2, 0.25) is 0 Å². The van der Waals surface area contributed by atoms with Gasteiger partial charge in [-0.3, -0.25) is 4.98 Å². The molecule has 0 aliphatic carbocycles. The molecule has 0 aliphatic heterocycles. The second-order valence-electron chi connectivity index (χ2n) is 5.74. The van der Waals surface area contributed by atoms with Crippen LogP contribution in [0.1, 0.15) is 28.4 Å². The van der Waals surface area contributed by atoms with Crippen molar-refractivity contribution in [3.05, 3.63) is 65.0 Å². The zero-order valence-electron chi connectivity index (χ0n) is 13.1. The molecule has 0 radical (unpaired) electrons. The molecule has 2 aromatic rings. The smallest absolute Gasteiger partial charge is 0.0919 e. The van der Waals surface area contributed by atoms with Crippen molar-refractivity contribution in [3.63, 3.8) is 0 Å². The van der Waals surface area contributed by atoms with Crippen molar-refractivity contribution in [2.45, 2.75) is 26.4 Å². The molecule has 2 rings (SSSR count). The molecular formula is C18H24N2O. The summed E-state index contributed by atoms with van der Waals surface area (Å²) in [6, 6.07) is 10.3. The van der Waals surface area contributed by atoms with Gasteiger partial charge < -0.3 is 10.0 Å². The summed E-state index contributed by atoms with van der Waals surface area (Å²) >= 11 is 0. The molecule has 0 spiro atoms. The molecule has 0 saturated heterocycles. The Morgan fingerprint density at radius 3 is 2.52 bits per heavy atom. The van der Waals surface area contributed by atoms with Crippen molar-refractivity contribution in [1.82, 2.24) is 9.88 Å². The van der Waals surface area contributed by atoms with Crippen LogP contribution in [-0.2, 0) is 6.42 Å². The first-order chi connectivity index (χ1) is 10.1. The Kier molecular flexibility index (Phi) is 5.48. The molecule has 21 heavy (non-hydrogen) atoms. The predicted molar refractivity (Wildman–Crippen MR) is 86.3 cm³/mol. The molecule has 1 atom stereocenters.